The lowest BCUT2D eigenvalue weighted by molar-refractivity contribution is 0.251. The first-order chi connectivity index (χ1) is 9.89. The Hall–Kier alpha value is -0.0400. The molecule has 1 aromatic carbocycles. The molecule has 124 valence electrons. The number of halogens is 3. The first-order valence-electron chi connectivity index (χ1n) is 7.07. The van der Waals surface area contributed by atoms with Gasteiger partial charge in [0.25, 0.3) is 0 Å². The minimum absolute atomic E-state index is 0. The third-order valence-corrected chi connectivity index (χ3v) is 7.42. The maximum Gasteiger partial charge on any atom is 0.244 e. The van der Waals surface area contributed by atoms with Gasteiger partial charge in [-0.15, -0.1) is 12.4 Å². The Bertz CT molecular complexity index is 641. The van der Waals surface area contributed by atoms with E-state index in [1.165, 1.54) is 10.4 Å². The minimum Gasteiger partial charge on any atom is -0.311 e. The van der Waals surface area contributed by atoms with Gasteiger partial charge in [-0.1, -0.05) is 29.3 Å². The van der Waals surface area contributed by atoms with Crippen LogP contribution in [0.1, 0.15) is 25.7 Å². The third kappa shape index (κ3) is 3.25. The van der Waals surface area contributed by atoms with Crippen molar-refractivity contribution in [3.05, 3.63) is 28.2 Å². The van der Waals surface area contributed by atoms with Crippen LogP contribution in [0.5, 0.6) is 0 Å². The van der Waals surface area contributed by atoms with E-state index in [0.717, 1.165) is 25.7 Å². The second kappa shape index (κ2) is 6.83. The molecule has 0 saturated carbocycles. The summed E-state index contributed by atoms with van der Waals surface area (Å²) in [4.78, 5) is 0.0880. The molecule has 1 aromatic rings. The van der Waals surface area contributed by atoms with E-state index in [9.17, 15) is 8.42 Å². The molecule has 2 aliphatic rings. The van der Waals surface area contributed by atoms with E-state index in [0.29, 0.717) is 12.1 Å². The van der Waals surface area contributed by atoms with Crippen molar-refractivity contribution in [1.82, 2.24) is 9.62 Å². The van der Waals surface area contributed by atoms with Gasteiger partial charge in [0.05, 0.1) is 10.0 Å². The Labute approximate surface area is 147 Å². The second-order valence-electron chi connectivity index (χ2n) is 5.84. The second-order valence-corrected chi connectivity index (χ2v) is 8.59. The number of nitrogens with zero attached hydrogens (tertiary/aromatic N) is 1. The van der Waals surface area contributed by atoms with E-state index in [4.69, 9.17) is 23.2 Å². The van der Waals surface area contributed by atoms with Crippen LogP contribution in [-0.4, -0.2) is 37.9 Å². The lowest BCUT2D eigenvalue weighted by atomic mass is 10.0. The normalized spacial score (nSPS) is 27.7. The number of rotatable bonds is 3. The summed E-state index contributed by atoms with van der Waals surface area (Å²) in [6.07, 6.45) is 3.97. The SMILES string of the molecule is CN(C1CC2CCC(C1)N2)S(=O)(=O)c1cccc(Cl)c1Cl.Cl. The van der Waals surface area contributed by atoms with Crippen LogP contribution in [0.15, 0.2) is 23.1 Å². The predicted octanol–water partition coefficient (Wildman–Crippen LogP) is 3.32. The maximum atomic E-state index is 12.8. The number of benzene rings is 1. The summed E-state index contributed by atoms with van der Waals surface area (Å²) in [5.74, 6) is 0. The predicted molar refractivity (Wildman–Crippen MR) is 91.6 cm³/mol. The monoisotopic (exact) mass is 384 g/mol. The van der Waals surface area contributed by atoms with Gasteiger partial charge in [0.2, 0.25) is 10.0 Å². The molecule has 2 fully saturated rings. The van der Waals surface area contributed by atoms with Crippen LogP contribution < -0.4 is 5.32 Å². The Morgan fingerprint density at radius 2 is 1.77 bits per heavy atom. The van der Waals surface area contributed by atoms with Crippen molar-refractivity contribution >= 4 is 45.6 Å². The van der Waals surface area contributed by atoms with Gasteiger partial charge >= 0.3 is 0 Å². The Balaban J connectivity index is 0.00000176. The first-order valence-corrected chi connectivity index (χ1v) is 9.27. The summed E-state index contributed by atoms with van der Waals surface area (Å²) in [5.41, 5.74) is 0. The van der Waals surface area contributed by atoms with Crippen molar-refractivity contribution in [1.29, 1.82) is 0 Å². The Kier molecular flexibility index (Phi) is 5.68. The van der Waals surface area contributed by atoms with Crippen LogP contribution in [0, 0.1) is 0 Å². The summed E-state index contributed by atoms with van der Waals surface area (Å²) in [5, 5.41) is 3.88. The summed E-state index contributed by atoms with van der Waals surface area (Å²) >= 11 is 12.0. The molecule has 2 aliphatic heterocycles. The highest BCUT2D eigenvalue weighted by atomic mass is 35.5. The van der Waals surface area contributed by atoms with E-state index in [-0.39, 0.29) is 33.4 Å². The van der Waals surface area contributed by atoms with Crippen LogP contribution in [0.3, 0.4) is 0 Å². The van der Waals surface area contributed by atoms with Crippen LogP contribution >= 0.6 is 35.6 Å². The topological polar surface area (TPSA) is 49.4 Å². The molecule has 0 amide bonds. The van der Waals surface area contributed by atoms with E-state index in [1.54, 1.807) is 19.2 Å². The fourth-order valence-corrected chi connectivity index (χ4v) is 5.47. The third-order valence-electron chi connectivity index (χ3n) is 4.54. The molecule has 8 heteroatoms. The van der Waals surface area contributed by atoms with Gasteiger partial charge < -0.3 is 5.32 Å². The number of piperidine rings is 1. The van der Waals surface area contributed by atoms with Gasteiger partial charge in [-0.3, -0.25) is 0 Å². The summed E-state index contributed by atoms with van der Waals surface area (Å²) < 4.78 is 27.1. The van der Waals surface area contributed by atoms with Crippen LogP contribution in [0.4, 0.5) is 0 Å². The van der Waals surface area contributed by atoms with Gasteiger partial charge in [-0.25, -0.2) is 8.42 Å². The minimum atomic E-state index is -3.62. The molecular weight excluding hydrogens is 367 g/mol. The average Bonchev–Trinajstić information content (AvgIpc) is 2.79. The molecule has 2 saturated heterocycles. The lowest BCUT2D eigenvalue weighted by Crippen LogP contribution is -2.48. The van der Waals surface area contributed by atoms with Gasteiger partial charge in [-0.05, 0) is 37.8 Å². The smallest absolute Gasteiger partial charge is 0.244 e. The van der Waals surface area contributed by atoms with E-state index >= 15 is 0 Å². The molecule has 0 radical (unpaired) electrons. The van der Waals surface area contributed by atoms with Crippen molar-refractivity contribution < 1.29 is 8.42 Å². The molecule has 2 atom stereocenters. The average molecular weight is 386 g/mol. The van der Waals surface area contributed by atoms with Crippen molar-refractivity contribution in [2.75, 3.05) is 7.05 Å². The fraction of sp³-hybridized carbons (Fsp3) is 0.571. The van der Waals surface area contributed by atoms with Gasteiger partial charge in [0, 0.05) is 25.2 Å². The van der Waals surface area contributed by atoms with E-state index in [1.807, 2.05) is 0 Å². The van der Waals surface area contributed by atoms with E-state index < -0.39 is 10.0 Å². The van der Waals surface area contributed by atoms with Gasteiger partial charge in [0.1, 0.15) is 4.90 Å². The first kappa shape index (κ1) is 18.3. The zero-order chi connectivity index (χ0) is 15.2. The van der Waals surface area contributed by atoms with Crippen LogP contribution in [0.2, 0.25) is 10.0 Å². The molecule has 0 spiro atoms. The molecule has 1 N–H and O–H groups in total. The van der Waals surface area contributed by atoms with Gasteiger partial charge in [-0.2, -0.15) is 4.31 Å². The highest BCUT2D eigenvalue weighted by Crippen LogP contribution is 2.35. The summed E-state index contributed by atoms with van der Waals surface area (Å²) in [7, 11) is -1.98. The zero-order valence-corrected chi connectivity index (χ0v) is 15.3. The molecule has 4 nitrogen and oxygen atoms in total. The molecule has 3 rings (SSSR count). The number of hydrogen-bond acceptors (Lipinski definition) is 3. The molecule has 2 heterocycles. The highest BCUT2D eigenvalue weighted by molar-refractivity contribution is 7.89. The number of fused-ring (bicyclic) bond motifs is 2. The standard InChI is InChI=1S/C14H18Cl2N2O2S.ClH/c1-18(11-7-9-5-6-10(8-11)17-9)21(19,20)13-4-2-3-12(15)14(13)16;/h2-4,9-11,17H,5-8H2,1H3;1H. The van der Waals surface area contributed by atoms with Crippen molar-refractivity contribution in [2.24, 2.45) is 0 Å². The fourth-order valence-electron chi connectivity index (χ4n) is 3.36. The number of nitrogens with one attached hydrogen (secondary N) is 1. The molecule has 2 unspecified atom stereocenters. The Morgan fingerprint density at radius 1 is 1.18 bits per heavy atom. The van der Waals surface area contributed by atoms with Crippen molar-refractivity contribution in [3.8, 4) is 0 Å². The van der Waals surface area contributed by atoms with Crippen LogP contribution in [0.25, 0.3) is 0 Å². The largest absolute Gasteiger partial charge is 0.311 e. The lowest BCUT2D eigenvalue weighted by Gasteiger charge is -2.35. The molecule has 0 aromatic heterocycles. The number of hydrogen-bond donors (Lipinski definition) is 1. The molecule has 0 aliphatic carbocycles. The van der Waals surface area contributed by atoms with Gasteiger partial charge in [0.15, 0.2) is 0 Å². The summed E-state index contributed by atoms with van der Waals surface area (Å²) in [6.45, 7) is 0. The quantitative estimate of drug-likeness (QED) is 0.868. The highest BCUT2D eigenvalue weighted by Gasteiger charge is 2.39. The molecule has 2 bridgehead atoms. The maximum absolute atomic E-state index is 12.8. The Morgan fingerprint density at radius 3 is 2.36 bits per heavy atom. The molecule has 22 heavy (non-hydrogen) atoms. The van der Waals surface area contributed by atoms with E-state index in [2.05, 4.69) is 5.32 Å². The summed E-state index contributed by atoms with van der Waals surface area (Å²) in [6, 6.07) is 5.59. The number of sulfonamides is 1. The molecular formula is C14H19Cl3N2O2S. The zero-order valence-electron chi connectivity index (χ0n) is 12.1. The van der Waals surface area contributed by atoms with Crippen LogP contribution in [-0.2, 0) is 10.0 Å². The van der Waals surface area contributed by atoms with Crippen molar-refractivity contribution in [2.45, 2.75) is 48.7 Å². The van der Waals surface area contributed by atoms with Crippen molar-refractivity contribution in [3.63, 3.8) is 0 Å².